The third-order valence-electron chi connectivity index (χ3n) is 5.71. The molecule has 3 aromatic rings. The fourth-order valence-electron chi connectivity index (χ4n) is 3.93. The van der Waals surface area contributed by atoms with Crippen molar-refractivity contribution in [3.05, 3.63) is 75.5 Å². The lowest BCUT2D eigenvalue weighted by molar-refractivity contribution is 0.0767. The number of hydrogen-bond donors (Lipinski definition) is 0. The van der Waals surface area contributed by atoms with Crippen LogP contribution in [0.2, 0.25) is 0 Å². The molecule has 0 radical (unpaired) electrons. The van der Waals surface area contributed by atoms with Crippen LogP contribution in [0.1, 0.15) is 33.7 Å². The van der Waals surface area contributed by atoms with Crippen molar-refractivity contribution in [3.63, 3.8) is 0 Å². The fraction of sp³-hybridized carbons (Fsp3) is 0.292. The maximum Gasteiger partial charge on any atom is 0.253 e. The number of benzene rings is 2. The fourth-order valence-corrected chi connectivity index (χ4v) is 4.18. The van der Waals surface area contributed by atoms with Gasteiger partial charge >= 0.3 is 0 Å². The summed E-state index contributed by atoms with van der Waals surface area (Å²) in [5.74, 6) is 0.0581. The topological polar surface area (TPSA) is 65.2 Å². The summed E-state index contributed by atoms with van der Waals surface area (Å²) in [5, 5.41) is 13.5. The van der Waals surface area contributed by atoms with Crippen LogP contribution >= 0.6 is 15.9 Å². The van der Waals surface area contributed by atoms with Crippen molar-refractivity contribution >= 4 is 27.5 Å². The predicted molar refractivity (Wildman–Crippen MR) is 125 cm³/mol. The van der Waals surface area contributed by atoms with E-state index in [0.29, 0.717) is 17.7 Å². The number of halogens is 1. The Kier molecular flexibility index (Phi) is 6.10. The average molecular weight is 478 g/mol. The van der Waals surface area contributed by atoms with Gasteiger partial charge in [0.05, 0.1) is 33.2 Å². The molecule has 0 unspecified atom stereocenters. The zero-order chi connectivity index (χ0) is 22.0. The summed E-state index contributed by atoms with van der Waals surface area (Å²) in [4.78, 5) is 17.3. The van der Waals surface area contributed by atoms with Crippen LogP contribution in [0.25, 0.3) is 5.69 Å². The van der Waals surface area contributed by atoms with Crippen molar-refractivity contribution < 1.29 is 4.79 Å². The van der Waals surface area contributed by atoms with Crippen LogP contribution in [0.3, 0.4) is 0 Å². The van der Waals surface area contributed by atoms with E-state index in [1.54, 1.807) is 0 Å². The van der Waals surface area contributed by atoms with Crippen LogP contribution in [-0.2, 0) is 0 Å². The van der Waals surface area contributed by atoms with Gasteiger partial charge in [0.2, 0.25) is 0 Å². The molecule has 0 bridgehead atoms. The third kappa shape index (κ3) is 4.35. The Morgan fingerprint density at radius 3 is 2.26 bits per heavy atom. The number of nitriles is 1. The first-order valence-corrected chi connectivity index (χ1v) is 11.1. The Labute approximate surface area is 190 Å². The largest absolute Gasteiger partial charge is 0.370 e. The Morgan fingerprint density at radius 1 is 0.968 bits per heavy atom. The number of rotatable bonds is 3. The molecular weight excluding hydrogens is 454 g/mol. The number of nitrogens with zero attached hydrogens (tertiary/aromatic N) is 5. The van der Waals surface area contributed by atoms with Gasteiger partial charge in [0.25, 0.3) is 5.91 Å². The second-order valence-electron chi connectivity index (χ2n) is 7.73. The van der Waals surface area contributed by atoms with E-state index in [9.17, 15) is 4.79 Å². The van der Waals surface area contributed by atoms with Crippen molar-refractivity contribution in [1.82, 2.24) is 14.7 Å². The zero-order valence-electron chi connectivity index (χ0n) is 17.7. The van der Waals surface area contributed by atoms with E-state index < -0.39 is 0 Å². The van der Waals surface area contributed by atoms with Crippen molar-refractivity contribution in [3.8, 4) is 11.8 Å². The second-order valence-corrected chi connectivity index (χ2v) is 8.53. The highest BCUT2D eigenvalue weighted by Gasteiger charge is 2.21. The molecule has 31 heavy (non-hydrogen) atoms. The number of carbonyl (C=O) groups excluding carboxylic acids is 1. The third-order valence-corrected chi connectivity index (χ3v) is 6.85. The van der Waals surface area contributed by atoms with Gasteiger partial charge in [-0.2, -0.15) is 10.4 Å². The van der Waals surface area contributed by atoms with Crippen LogP contribution < -0.4 is 4.90 Å². The first kappa shape index (κ1) is 21.1. The van der Waals surface area contributed by atoms with E-state index in [0.717, 1.165) is 53.3 Å². The number of carbonyl (C=O) groups is 1. The number of anilines is 1. The van der Waals surface area contributed by atoms with Crippen LogP contribution in [0.15, 0.2) is 53.0 Å². The zero-order valence-corrected chi connectivity index (χ0v) is 19.3. The summed E-state index contributed by atoms with van der Waals surface area (Å²) in [5.41, 5.74) is 5.35. The van der Waals surface area contributed by atoms with Gasteiger partial charge in [-0.15, -0.1) is 0 Å². The summed E-state index contributed by atoms with van der Waals surface area (Å²) in [6, 6.07) is 17.4. The first-order chi connectivity index (χ1) is 15.0. The SMILES string of the molecule is Cc1nn(-c2ccc(C(=O)N3CCCN(c4ccc(C#N)cc4)CC3)cc2)c(C)c1Br. The number of amides is 1. The van der Waals surface area contributed by atoms with E-state index in [4.69, 9.17) is 5.26 Å². The lowest BCUT2D eigenvalue weighted by Gasteiger charge is -2.24. The predicted octanol–water partition coefficient (Wildman–Crippen LogP) is 4.48. The van der Waals surface area contributed by atoms with E-state index in [1.807, 2.05) is 72.0 Å². The van der Waals surface area contributed by atoms with E-state index in [2.05, 4.69) is 32.0 Å². The van der Waals surface area contributed by atoms with Crippen molar-refractivity contribution in [2.45, 2.75) is 20.3 Å². The quantitative estimate of drug-likeness (QED) is 0.557. The minimum Gasteiger partial charge on any atom is -0.370 e. The van der Waals surface area contributed by atoms with E-state index >= 15 is 0 Å². The number of aromatic nitrogens is 2. The van der Waals surface area contributed by atoms with Crippen LogP contribution in [0.4, 0.5) is 5.69 Å². The average Bonchev–Trinajstić information content (AvgIpc) is 2.98. The molecule has 4 rings (SSSR count). The molecule has 0 spiro atoms. The number of hydrogen-bond acceptors (Lipinski definition) is 4. The van der Waals surface area contributed by atoms with Gasteiger partial charge in [0, 0.05) is 37.4 Å². The van der Waals surface area contributed by atoms with E-state index in [-0.39, 0.29) is 5.91 Å². The molecule has 7 heteroatoms. The molecule has 0 aliphatic carbocycles. The normalized spacial score (nSPS) is 14.3. The minimum atomic E-state index is 0.0581. The van der Waals surface area contributed by atoms with Gasteiger partial charge in [-0.3, -0.25) is 4.79 Å². The Bertz CT molecular complexity index is 1130. The number of aryl methyl sites for hydroxylation is 1. The molecule has 0 atom stereocenters. The van der Waals surface area contributed by atoms with Crippen LogP contribution in [0, 0.1) is 25.2 Å². The molecule has 1 amide bonds. The second kappa shape index (κ2) is 8.94. The molecule has 6 nitrogen and oxygen atoms in total. The molecule has 2 heterocycles. The maximum atomic E-state index is 13.1. The molecular formula is C24H24BrN5O. The summed E-state index contributed by atoms with van der Waals surface area (Å²) < 4.78 is 2.89. The van der Waals surface area contributed by atoms with Gasteiger partial charge in [0.1, 0.15) is 0 Å². The van der Waals surface area contributed by atoms with Crippen molar-refractivity contribution in [2.24, 2.45) is 0 Å². The summed E-state index contributed by atoms with van der Waals surface area (Å²) in [6.45, 7) is 7.05. The minimum absolute atomic E-state index is 0.0581. The molecule has 158 valence electrons. The summed E-state index contributed by atoms with van der Waals surface area (Å²) >= 11 is 3.56. The summed E-state index contributed by atoms with van der Waals surface area (Å²) in [6.07, 6.45) is 0.906. The van der Waals surface area contributed by atoms with Gasteiger partial charge in [0.15, 0.2) is 0 Å². The molecule has 0 saturated carbocycles. The smallest absolute Gasteiger partial charge is 0.253 e. The van der Waals surface area contributed by atoms with Crippen LogP contribution in [-0.4, -0.2) is 46.8 Å². The summed E-state index contributed by atoms with van der Waals surface area (Å²) in [7, 11) is 0. The molecule has 1 aliphatic heterocycles. The van der Waals surface area contributed by atoms with Gasteiger partial charge in [-0.1, -0.05) is 0 Å². The molecule has 1 aromatic heterocycles. The lowest BCUT2D eigenvalue weighted by atomic mass is 10.1. The molecule has 1 saturated heterocycles. The van der Waals surface area contributed by atoms with Gasteiger partial charge in [-0.05, 0) is 84.7 Å². The van der Waals surface area contributed by atoms with Crippen molar-refractivity contribution in [1.29, 1.82) is 5.26 Å². The lowest BCUT2D eigenvalue weighted by Crippen LogP contribution is -2.35. The highest BCUT2D eigenvalue weighted by Crippen LogP contribution is 2.23. The Balaban J connectivity index is 1.44. The Hall–Kier alpha value is -3.11. The van der Waals surface area contributed by atoms with Crippen molar-refractivity contribution in [2.75, 3.05) is 31.1 Å². The highest BCUT2D eigenvalue weighted by molar-refractivity contribution is 9.10. The van der Waals surface area contributed by atoms with Gasteiger partial charge < -0.3 is 9.80 Å². The van der Waals surface area contributed by atoms with Gasteiger partial charge in [-0.25, -0.2) is 4.68 Å². The Morgan fingerprint density at radius 2 is 1.65 bits per heavy atom. The first-order valence-electron chi connectivity index (χ1n) is 10.3. The maximum absolute atomic E-state index is 13.1. The standard InChI is InChI=1S/C24H24BrN5O/c1-17-23(25)18(2)30(27-17)22-10-6-20(7-11-22)24(31)29-13-3-12-28(14-15-29)21-8-4-19(16-26)5-9-21/h4-11H,3,12-15H2,1-2H3. The molecule has 1 aliphatic rings. The monoisotopic (exact) mass is 477 g/mol. The molecule has 1 fully saturated rings. The highest BCUT2D eigenvalue weighted by atomic mass is 79.9. The molecule has 0 N–H and O–H groups in total. The van der Waals surface area contributed by atoms with E-state index in [1.165, 1.54) is 0 Å². The van der Waals surface area contributed by atoms with Crippen LogP contribution in [0.5, 0.6) is 0 Å². The molecule has 2 aromatic carbocycles.